The number of ether oxygens (including phenoxy) is 1. The molecule has 1 saturated heterocycles. The van der Waals surface area contributed by atoms with Crippen LogP contribution in [0.3, 0.4) is 0 Å². The normalized spacial score (nSPS) is 17.8. The summed E-state index contributed by atoms with van der Waals surface area (Å²) in [6.45, 7) is 2.78. The molecule has 2 aromatic rings. The lowest BCUT2D eigenvalue weighted by Crippen LogP contribution is -2.48. The second-order valence-electron chi connectivity index (χ2n) is 8.77. The molecule has 2 atom stereocenters. The average Bonchev–Trinajstić information content (AvgIpc) is 3.44. The van der Waals surface area contributed by atoms with Gasteiger partial charge in [0.25, 0.3) is 0 Å². The number of benzene rings is 2. The number of likely N-dealkylation sites (tertiary alicyclic amines) is 1. The van der Waals surface area contributed by atoms with Gasteiger partial charge in [0.1, 0.15) is 12.6 Å². The molecule has 33 heavy (non-hydrogen) atoms. The second-order valence-corrected chi connectivity index (χ2v) is 8.77. The van der Waals surface area contributed by atoms with Gasteiger partial charge >= 0.3 is 12.1 Å². The van der Waals surface area contributed by atoms with Crippen molar-refractivity contribution in [1.82, 2.24) is 10.2 Å². The van der Waals surface area contributed by atoms with Gasteiger partial charge in [0.15, 0.2) is 0 Å². The minimum atomic E-state index is -0.889. The first kappa shape index (κ1) is 22.8. The van der Waals surface area contributed by atoms with Crippen LogP contribution in [0.4, 0.5) is 4.79 Å². The molecule has 1 aliphatic carbocycles. The largest absolute Gasteiger partial charge is 0.481 e. The predicted octanol–water partition coefficient (Wildman–Crippen LogP) is 4.02. The minimum Gasteiger partial charge on any atom is -0.481 e. The van der Waals surface area contributed by atoms with E-state index in [2.05, 4.69) is 29.6 Å². The lowest BCUT2D eigenvalue weighted by Gasteiger charge is -2.24. The molecule has 0 aromatic heterocycles. The van der Waals surface area contributed by atoms with Crippen molar-refractivity contribution in [2.75, 3.05) is 19.7 Å². The van der Waals surface area contributed by atoms with E-state index in [1.54, 1.807) is 4.90 Å². The van der Waals surface area contributed by atoms with Gasteiger partial charge in [-0.1, -0.05) is 68.3 Å². The molecular formula is C26H30N2O5. The molecule has 0 saturated carbocycles. The first-order valence-electron chi connectivity index (χ1n) is 11.6. The third-order valence-corrected chi connectivity index (χ3v) is 6.63. The number of hydrogen-bond acceptors (Lipinski definition) is 4. The monoisotopic (exact) mass is 450 g/mol. The molecule has 7 nitrogen and oxygen atoms in total. The molecule has 1 aliphatic heterocycles. The van der Waals surface area contributed by atoms with Crippen LogP contribution in [0.5, 0.6) is 0 Å². The summed E-state index contributed by atoms with van der Waals surface area (Å²) in [5.74, 6) is -1.72. The summed E-state index contributed by atoms with van der Waals surface area (Å²) >= 11 is 0. The van der Waals surface area contributed by atoms with Crippen LogP contribution in [0.1, 0.15) is 49.7 Å². The van der Waals surface area contributed by atoms with Crippen LogP contribution in [-0.2, 0) is 14.3 Å². The topological polar surface area (TPSA) is 95.9 Å². The molecule has 2 amide bonds. The van der Waals surface area contributed by atoms with E-state index in [1.807, 2.05) is 31.2 Å². The molecule has 1 fully saturated rings. The van der Waals surface area contributed by atoms with Gasteiger partial charge in [-0.25, -0.2) is 4.79 Å². The molecule has 2 aromatic carbocycles. The van der Waals surface area contributed by atoms with E-state index in [9.17, 15) is 19.5 Å². The Morgan fingerprint density at radius 2 is 1.73 bits per heavy atom. The summed E-state index contributed by atoms with van der Waals surface area (Å²) in [7, 11) is 0. The number of carbonyl (C=O) groups is 3. The van der Waals surface area contributed by atoms with E-state index in [1.165, 1.54) is 0 Å². The fourth-order valence-electron chi connectivity index (χ4n) is 4.83. The van der Waals surface area contributed by atoms with E-state index < -0.39 is 24.0 Å². The zero-order chi connectivity index (χ0) is 23.4. The number of aliphatic carboxylic acids is 1. The highest BCUT2D eigenvalue weighted by Crippen LogP contribution is 2.44. The Morgan fingerprint density at radius 1 is 1.09 bits per heavy atom. The number of nitrogens with zero attached hydrogens (tertiary/aromatic N) is 1. The number of fused-ring (bicyclic) bond motifs is 3. The fraction of sp³-hybridized carbons (Fsp3) is 0.423. The van der Waals surface area contributed by atoms with Crippen LogP contribution in [0, 0.1) is 5.92 Å². The van der Waals surface area contributed by atoms with E-state index in [-0.39, 0.29) is 25.0 Å². The van der Waals surface area contributed by atoms with Crippen molar-refractivity contribution in [2.24, 2.45) is 5.92 Å². The third kappa shape index (κ3) is 4.87. The smallest absolute Gasteiger partial charge is 0.407 e. The van der Waals surface area contributed by atoms with E-state index >= 15 is 0 Å². The molecule has 2 aliphatic rings. The van der Waals surface area contributed by atoms with Gasteiger partial charge in [0.05, 0.1) is 5.92 Å². The Bertz CT molecular complexity index is 991. The van der Waals surface area contributed by atoms with Gasteiger partial charge in [0.2, 0.25) is 5.91 Å². The number of amides is 2. The second kappa shape index (κ2) is 10.1. The lowest BCUT2D eigenvalue weighted by molar-refractivity contribution is -0.141. The maximum atomic E-state index is 13.0. The van der Waals surface area contributed by atoms with Crippen LogP contribution < -0.4 is 5.32 Å². The molecule has 0 bridgehead atoms. The summed E-state index contributed by atoms with van der Waals surface area (Å²) in [6, 6.07) is 15.5. The Morgan fingerprint density at radius 3 is 2.30 bits per heavy atom. The van der Waals surface area contributed by atoms with Gasteiger partial charge < -0.3 is 20.1 Å². The zero-order valence-electron chi connectivity index (χ0n) is 18.8. The Kier molecular flexibility index (Phi) is 6.96. The third-order valence-electron chi connectivity index (χ3n) is 6.63. The quantitative estimate of drug-likeness (QED) is 0.633. The van der Waals surface area contributed by atoms with Crippen LogP contribution in [0.25, 0.3) is 11.1 Å². The van der Waals surface area contributed by atoms with Crippen LogP contribution in [0.2, 0.25) is 0 Å². The number of nitrogens with one attached hydrogen (secondary N) is 1. The van der Waals surface area contributed by atoms with Gasteiger partial charge in [0, 0.05) is 19.0 Å². The van der Waals surface area contributed by atoms with Gasteiger partial charge in [-0.2, -0.15) is 0 Å². The lowest BCUT2D eigenvalue weighted by atomic mass is 9.98. The molecule has 7 heteroatoms. The van der Waals surface area contributed by atoms with Crippen molar-refractivity contribution in [3.63, 3.8) is 0 Å². The molecule has 0 radical (unpaired) electrons. The number of carboxylic acids is 1. The number of rotatable bonds is 8. The Labute approximate surface area is 193 Å². The molecule has 2 N–H and O–H groups in total. The van der Waals surface area contributed by atoms with Crippen LogP contribution >= 0.6 is 0 Å². The highest BCUT2D eigenvalue weighted by Gasteiger charge is 2.35. The molecule has 0 spiro atoms. The maximum absolute atomic E-state index is 13.0. The van der Waals surface area contributed by atoms with Crippen molar-refractivity contribution in [2.45, 2.75) is 44.6 Å². The SMILES string of the molecule is CCCC[C@H](NC(=O)OCC1c2ccccc2-c2ccccc21)C(=O)N1CCC(C(=O)O)C1. The average molecular weight is 451 g/mol. The first-order valence-corrected chi connectivity index (χ1v) is 11.6. The number of carboxylic acid groups (broad SMARTS) is 1. The van der Waals surface area contributed by atoms with Crippen molar-refractivity contribution < 1.29 is 24.2 Å². The van der Waals surface area contributed by atoms with E-state index in [0.29, 0.717) is 19.4 Å². The highest BCUT2D eigenvalue weighted by molar-refractivity contribution is 5.86. The summed E-state index contributed by atoms with van der Waals surface area (Å²) < 4.78 is 5.61. The van der Waals surface area contributed by atoms with Gasteiger partial charge in [-0.05, 0) is 35.1 Å². The molecule has 1 unspecified atom stereocenters. The number of carbonyl (C=O) groups excluding carboxylic acids is 2. The molecule has 1 heterocycles. The minimum absolute atomic E-state index is 0.0529. The van der Waals surface area contributed by atoms with Crippen LogP contribution in [0.15, 0.2) is 48.5 Å². The summed E-state index contributed by atoms with van der Waals surface area (Å²) in [4.78, 5) is 38.5. The number of alkyl carbamates (subject to hydrolysis) is 1. The van der Waals surface area contributed by atoms with Crippen molar-refractivity contribution in [3.8, 4) is 11.1 Å². The Balaban J connectivity index is 1.40. The maximum Gasteiger partial charge on any atom is 0.407 e. The van der Waals surface area contributed by atoms with Crippen molar-refractivity contribution >= 4 is 18.0 Å². The summed E-state index contributed by atoms with van der Waals surface area (Å²) in [6.07, 6.45) is 1.96. The predicted molar refractivity (Wildman–Crippen MR) is 124 cm³/mol. The van der Waals surface area contributed by atoms with E-state index in [0.717, 1.165) is 35.1 Å². The van der Waals surface area contributed by atoms with Gasteiger partial charge in [-0.3, -0.25) is 9.59 Å². The summed E-state index contributed by atoms with van der Waals surface area (Å²) in [5.41, 5.74) is 4.56. The highest BCUT2D eigenvalue weighted by atomic mass is 16.5. The van der Waals surface area contributed by atoms with E-state index in [4.69, 9.17) is 4.74 Å². The number of unbranched alkanes of at least 4 members (excludes halogenated alkanes) is 1. The van der Waals surface area contributed by atoms with Crippen molar-refractivity contribution in [1.29, 1.82) is 0 Å². The summed E-state index contributed by atoms with van der Waals surface area (Å²) in [5, 5.41) is 12.0. The molecule has 174 valence electrons. The fourth-order valence-corrected chi connectivity index (χ4v) is 4.83. The standard InChI is InChI=1S/C26H30N2O5/c1-2-3-12-23(24(29)28-14-13-17(15-28)25(30)31)27-26(32)33-16-22-20-10-6-4-8-18(20)19-9-5-7-11-21(19)22/h4-11,17,22-23H,2-3,12-16H2,1H3,(H,27,32)(H,30,31)/t17?,23-/m0/s1. The first-order chi connectivity index (χ1) is 16.0. The molecule has 4 rings (SSSR count). The zero-order valence-corrected chi connectivity index (χ0v) is 18.8. The van der Waals surface area contributed by atoms with Crippen molar-refractivity contribution in [3.05, 3.63) is 59.7 Å². The molecular weight excluding hydrogens is 420 g/mol. The van der Waals surface area contributed by atoms with Gasteiger partial charge in [-0.15, -0.1) is 0 Å². The number of hydrogen-bond donors (Lipinski definition) is 2. The van der Waals surface area contributed by atoms with Crippen LogP contribution in [-0.4, -0.2) is 53.7 Å². The Hall–Kier alpha value is -3.35.